The molecule has 3 rings (SSSR count). The number of primary amides is 1. The highest BCUT2D eigenvalue weighted by Gasteiger charge is 2.27. The van der Waals surface area contributed by atoms with Gasteiger partial charge in [0.25, 0.3) is 11.8 Å². The Morgan fingerprint density at radius 1 is 1.00 bits per heavy atom. The maximum absolute atomic E-state index is 12.9. The molecule has 0 aliphatic heterocycles. The Hall–Kier alpha value is -3.74. The van der Waals surface area contributed by atoms with Crippen LogP contribution in [0.5, 0.6) is 0 Å². The van der Waals surface area contributed by atoms with E-state index in [-0.39, 0.29) is 12.1 Å². The number of aromatic amines is 1. The molecule has 1 atom stereocenters. The number of carbonyl (C=O) groups excluding carboxylic acids is 3. The van der Waals surface area contributed by atoms with Gasteiger partial charge in [0.1, 0.15) is 23.3 Å². The molecule has 1 aromatic heterocycles. The van der Waals surface area contributed by atoms with Gasteiger partial charge in [-0.1, -0.05) is 74.5 Å². The van der Waals surface area contributed by atoms with Gasteiger partial charge < -0.3 is 16.0 Å². The number of H-pyrrole nitrogens is 1. The van der Waals surface area contributed by atoms with E-state index in [4.69, 9.17) is 5.73 Å². The standard InChI is InChI=1S/C21H20N4O3.C2H6/c1-13-23-17(15-10-6-3-7-11-15)18(24-13)21(28)25-16(19(26)20(22)27)12-14-8-4-2-5-9-14;1-2/h2-11,16H,12H2,1H3,(H2,22,27)(H,23,24)(H,25,28);1-2H3/t16-;/m0./s1. The zero-order valence-corrected chi connectivity index (χ0v) is 17.3. The molecule has 0 radical (unpaired) electrons. The van der Waals surface area contributed by atoms with Crippen LogP contribution in [-0.4, -0.2) is 33.6 Å². The Labute approximate surface area is 175 Å². The lowest BCUT2D eigenvalue weighted by atomic mass is 10.0. The zero-order valence-electron chi connectivity index (χ0n) is 17.3. The van der Waals surface area contributed by atoms with Crippen LogP contribution in [0, 0.1) is 6.92 Å². The topological polar surface area (TPSA) is 118 Å². The first kappa shape index (κ1) is 22.5. The largest absolute Gasteiger partial charge is 0.363 e. The second-order valence-corrected chi connectivity index (χ2v) is 6.36. The van der Waals surface area contributed by atoms with Crippen LogP contribution in [0.15, 0.2) is 60.7 Å². The van der Waals surface area contributed by atoms with Crippen LogP contribution in [0.1, 0.15) is 35.7 Å². The van der Waals surface area contributed by atoms with Crippen LogP contribution in [0.4, 0.5) is 0 Å². The van der Waals surface area contributed by atoms with Crippen molar-refractivity contribution in [1.29, 1.82) is 0 Å². The molecule has 2 amide bonds. The number of rotatable bonds is 7. The molecule has 0 fully saturated rings. The summed E-state index contributed by atoms with van der Waals surface area (Å²) in [5.41, 5.74) is 7.42. The van der Waals surface area contributed by atoms with Crippen molar-refractivity contribution in [3.63, 3.8) is 0 Å². The van der Waals surface area contributed by atoms with E-state index in [1.54, 1.807) is 6.92 Å². The van der Waals surface area contributed by atoms with Crippen LogP contribution in [0.3, 0.4) is 0 Å². The number of aryl methyl sites for hydroxylation is 1. The van der Waals surface area contributed by atoms with E-state index in [1.807, 2.05) is 74.5 Å². The first-order valence-corrected chi connectivity index (χ1v) is 9.76. The van der Waals surface area contributed by atoms with Gasteiger partial charge in [-0.25, -0.2) is 4.98 Å². The molecule has 3 aromatic rings. The van der Waals surface area contributed by atoms with Crippen molar-refractivity contribution in [3.8, 4) is 11.3 Å². The van der Waals surface area contributed by atoms with E-state index in [1.165, 1.54) is 0 Å². The lowest BCUT2D eigenvalue weighted by Gasteiger charge is -2.16. The Bertz CT molecular complexity index is 998. The Morgan fingerprint density at radius 2 is 1.57 bits per heavy atom. The van der Waals surface area contributed by atoms with Gasteiger partial charge in [-0.15, -0.1) is 0 Å². The first-order chi connectivity index (χ1) is 14.5. The molecule has 0 unspecified atom stereocenters. The maximum atomic E-state index is 12.9. The van der Waals surface area contributed by atoms with Crippen LogP contribution >= 0.6 is 0 Å². The molecule has 7 heteroatoms. The Kier molecular flexibility index (Phi) is 8.05. The third-order valence-corrected chi connectivity index (χ3v) is 4.24. The van der Waals surface area contributed by atoms with Crippen LogP contribution in [-0.2, 0) is 16.0 Å². The first-order valence-electron chi connectivity index (χ1n) is 9.76. The molecule has 2 aromatic carbocycles. The highest BCUT2D eigenvalue weighted by Crippen LogP contribution is 2.21. The number of aromatic nitrogens is 2. The molecule has 156 valence electrons. The van der Waals surface area contributed by atoms with Crippen molar-refractivity contribution in [2.45, 2.75) is 33.2 Å². The molecule has 7 nitrogen and oxygen atoms in total. The number of hydrogen-bond donors (Lipinski definition) is 3. The van der Waals surface area contributed by atoms with Gasteiger partial charge in [-0.05, 0) is 12.5 Å². The van der Waals surface area contributed by atoms with Crippen LogP contribution in [0.2, 0.25) is 0 Å². The van der Waals surface area contributed by atoms with Gasteiger partial charge >= 0.3 is 0 Å². The Balaban J connectivity index is 0.00000155. The van der Waals surface area contributed by atoms with Crippen molar-refractivity contribution < 1.29 is 14.4 Å². The Morgan fingerprint density at radius 3 is 2.13 bits per heavy atom. The van der Waals surface area contributed by atoms with Crippen molar-refractivity contribution >= 4 is 17.6 Å². The molecule has 0 saturated heterocycles. The number of ketones is 1. The number of benzene rings is 2. The summed E-state index contributed by atoms with van der Waals surface area (Å²) in [5.74, 6) is -1.92. The highest BCUT2D eigenvalue weighted by atomic mass is 16.2. The number of carbonyl (C=O) groups is 3. The van der Waals surface area contributed by atoms with Crippen LogP contribution < -0.4 is 11.1 Å². The monoisotopic (exact) mass is 406 g/mol. The second-order valence-electron chi connectivity index (χ2n) is 6.36. The van der Waals surface area contributed by atoms with Crippen molar-refractivity contribution in [1.82, 2.24) is 15.3 Å². The molecule has 0 aliphatic carbocycles. The SMILES string of the molecule is CC.Cc1nc(-c2ccccc2)c(C(=O)N[C@@H](Cc2ccccc2)C(=O)C(N)=O)[nH]1. The summed E-state index contributed by atoms with van der Waals surface area (Å²) < 4.78 is 0. The number of nitrogens with two attached hydrogens (primary N) is 1. The molecular formula is C23H26N4O3. The van der Waals surface area contributed by atoms with E-state index < -0.39 is 23.6 Å². The fraction of sp³-hybridized carbons (Fsp3) is 0.217. The van der Waals surface area contributed by atoms with Crippen molar-refractivity contribution in [3.05, 3.63) is 77.7 Å². The zero-order chi connectivity index (χ0) is 22.1. The number of hydrogen-bond acceptors (Lipinski definition) is 4. The predicted octanol–water partition coefficient (Wildman–Crippen LogP) is 2.81. The van der Waals surface area contributed by atoms with E-state index in [0.29, 0.717) is 11.5 Å². The lowest BCUT2D eigenvalue weighted by Crippen LogP contribution is -2.47. The van der Waals surface area contributed by atoms with Gasteiger partial charge in [0.2, 0.25) is 5.78 Å². The molecule has 0 spiro atoms. The predicted molar refractivity (Wildman–Crippen MR) is 116 cm³/mol. The summed E-state index contributed by atoms with van der Waals surface area (Å²) in [6.07, 6.45) is 0.155. The van der Waals surface area contributed by atoms with E-state index in [9.17, 15) is 14.4 Å². The summed E-state index contributed by atoms with van der Waals surface area (Å²) in [6, 6.07) is 17.2. The van der Waals surface area contributed by atoms with E-state index in [0.717, 1.165) is 11.1 Å². The lowest BCUT2D eigenvalue weighted by molar-refractivity contribution is -0.137. The van der Waals surface area contributed by atoms with Gasteiger partial charge in [0, 0.05) is 12.0 Å². The van der Waals surface area contributed by atoms with Crippen molar-refractivity contribution in [2.24, 2.45) is 5.73 Å². The molecule has 0 saturated carbocycles. The van der Waals surface area contributed by atoms with Crippen LogP contribution in [0.25, 0.3) is 11.3 Å². The van der Waals surface area contributed by atoms with Gasteiger partial charge in [0.05, 0.1) is 0 Å². The summed E-state index contributed by atoms with van der Waals surface area (Å²) >= 11 is 0. The fourth-order valence-electron chi connectivity index (χ4n) is 2.92. The van der Waals surface area contributed by atoms with Gasteiger partial charge in [-0.3, -0.25) is 14.4 Å². The number of nitrogens with one attached hydrogen (secondary N) is 2. The summed E-state index contributed by atoms with van der Waals surface area (Å²) in [6.45, 7) is 5.74. The fourth-order valence-corrected chi connectivity index (χ4v) is 2.92. The third kappa shape index (κ3) is 5.64. The van der Waals surface area contributed by atoms with Gasteiger partial charge in [0.15, 0.2) is 0 Å². The minimum absolute atomic E-state index is 0.155. The molecule has 0 aliphatic rings. The normalized spacial score (nSPS) is 11.0. The number of amides is 2. The van der Waals surface area contributed by atoms with E-state index in [2.05, 4.69) is 15.3 Å². The second kappa shape index (κ2) is 10.7. The third-order valence-electron chi connectivity index (χ3n) is 4.24. The molecule has 4 N–H and O–H groups in total. The molecule has 1 heterocycles. The summed E-state index contributed by atoms with van der Waals surface area (Å²) in [5, 5.41) is 2.63. The molecule has 30 heavy (non-hydrogen) atoms. The van der Waals surface area contributed by atoms with Gasteiger partial charge in [-0.2, -0.15) is 0 Å². The molecule has 0 bridgehead atoms. The quantitative estimate of drug-likeness (QED) is 0.523. The van der Waals surface area contributed by atoms with E-state index >= 15 is 0 Å². The summed E-state index contributed by atoms with van der Waals surface area (Å²) in [7, 11) is 0. The average molecular weight is 406 g/mol. The maximum Gasteiger partial charge on any atom is 0.287 e. The minimum Gasteiger partial charge on any atom is -0.363 e. The minimum atomic E-state index is -1.09. The number of nitrogens with zero attached hydrogens (tertiary/aromatic N) is 1. The number of Topliss-reactive ketones (excluding diaryl/α,β-unsaturated/α-hetero) is 1. The number of imidazole rings is 1. The average Bonchev–Trinajstić information content (AvgIpc) is 3.17. The highest BCUT2D eigenvalue weighted by molar-refractivity contribution is 6.38. The smallest absolute Gasteiger partial charge is 0.287 e. The van der Waals surface area contributed by atoms with Crippen molar-refractivity contribution in [2.75, 3.05) is 0 Å². The summed E-state index contributed by atoms with van der Waals surface area (Å²) in [4.78, 5) is 43.9. The molecular weight excluding hydrogens is 380 g/mol.